The van der Waals surface area contributed by atoms with Crippen LogP contribution in [0.5, 0.6) is 0 Å². The van der Waals surface area contributed by atoms with Crippen molar-refractivity contribution in [1.29, 1.82) is 0 Å². The number of aromatic nitrogens is 1. The minimum Gasteiger partial charge on any atom is -0.288 e. The minimum atomic E-state index is -0.359. The van der Waals surface area contributed by atoms with Crippen molar-refractivity contribution in [2.24, 2.45) is 5.84 Å². The second-order valence-electron chi connectivity index (χ2n) is 3.36. The first kappa shape index (κ1) is 13.4. The maximum atomic E-state index is 11.2. The predicted molar refractivity (Wildman–Crippen MR) is 74.8 cm³/mol. The highest BCUT2D eigenvalue weighted by Crippen LogP contribution is 2.24. The molecule has 4 nitrogen and oxygen atoms in total. The smallest absolute Gasteiger partial charge is 0.288 e. The number of nitrogens with zero attached hydrogens (tertiary/aromatic N) is 1. The van der Waals surface area contributed by atoms with Crippen molar-refractivity contribution in [3.63, 3.8) is 0 Å². The van der Waals surface area contributed by atoms with Gasteiger partial charge in [0.25, 0.3) is 5.91 Å². The number of nitrogen functional groups attached to an aromatic ring is 1. The quantitative estimate of drug-likeness (QED) is 0.394. The molecule has 1 aromatic heterocycles. The van der Waals surface area contributed by atoms with Crippen molar-refractivity contribution in [2.75, 3.05) is 0 Å². The molecule has 2 aromatic rings. The Hall–Kier alpha value is -1.08. The Morgan fingerprint density at radius 2 is 2.17 bits per heavy atom. The van der Waals surface area contributed by atoms with Gasteiger partial charge < -0.3 is 0 Å². The summed E-state index contributed by atoms with van der Waals surface area (Å²) in [6.45, 7) is 0. The maximum Gasteiger partial charge on any atom is 0.294 e. The summed E-state index contributed by atoms with van der Waals surface area (Å²) < 4.78 is 0. The van der Waals surface area contributed by atoms with Crippen LogP contribution in [0.1, 0.15) is 15.5 Å². The Morgan fingerprint density at radius 1 is 1.44 bits per heavy atom. The fourth-order valence-corrected chi connectivity index (χ4v) is 2.97. The number of benzene rings is 1. The predicted octanol–water partition coefficient (Wildman–Crippen LogP) is 2.69. The van der Waals surface area contributed by atoms with Crippen LogP contribution in [0.2, 0.25) is 5.02 Å². The van der Waals surface area contributed by atoms with Crippen LogP contribution < -0.4 is 11.3 Å². The number of nitrogens with two attached hydrogens (primary N) is 1. The molecule has 0 spiro atoms. The van der Waals surface area contributed by atoms with Crippen molar-refractivity contribution >= 4 is 40.6 Å². The van der Waals surface area contributed by atoms with E-state index in [0.717, 1.165) is 15.6 Å². The molecule has 94 valence electrons. The van der Waals surface area contributed by atoms with Crippen LogP contribution in [-0.4, -0.2) is 10.9 Å². The summed E-state index contributed by atoms with van der Waals surface area (Å²) in [7, 11) is 0. The number of thioether (sulfide) groups is 1. The van der Waals surface area contributed by atoms with Gasteiger partial charge in [-0.2, -0.15) is 0 Å². The minimum absolute atomic E-state index is 0.359. The van der Waals surface area contributed by atoms with Gasteiger partial charge in [0.15, 0.2) is 5.01 Å². The molecule has 0 bridgehead atoms. The first-order valence-corrected chi connectivity index (χ1v) is 7.27. The molecule has 0 unspecified atom stereocenters. The molecule has 1 amide bonds. The van der Waals surface area contributed by atoms with E-state index in [4.69, 9.17) is 17.4 Å². The number of hydrazine groups is 1. The molecule has 0 aliphatic heterocycles. The molecule has 1 aromatic carbocycles. The second-order valence-corrected chi connectivity index (χ2v) is 5.70. The highest BCUT2D eigenvalue weighted by molar-refractivity contribution is 7.98. The fraction of sp³-hybridized carbons (Fsp3) is 0.0909. The van der Waals surface area contributed by atoms with Crippen molar-refractivity contribution in [2.45, 2.75) is 10.6 Å². The van der Waals surface area contributed by atoms with Crippen LogP contribution in [0.4, 0.5) is 0 Å². The van der Waals surface area contributed by atoms with Crippen LogP contribution in [0.25, 0.3) is 0 Å². The molecule has 0 saturated heterocycles. The Kier molecular flexibility index (Phi) is 4.60. The third-order valence-corrected chi connectivity index (χ3v) is 4.26. The fourth-order valence-electron chi connectivity index (χ4n) is 1.23. The van der Waals surface area contributed by atoms with Gasteiger partial charge in [-0.15, -0.1) is 23.1 Å². The number of nitrogens with one attached hydrogen (secondary N) is 1. The first-order valence-electron chi connectivity index (χ1n) is 5.03. The lowest BCUT2D eigenvalue weighted by atomic mass is 10.4. The van der Waals surface area contributed by atoms with E-state index in [9.17, 15) is 4.79 Å². The maximum absolute atomic E-state index is 11.2. The number of halogens is 1. The zero-order chi connectivity index (χ0) is 13.0. The molecule has 3 N–H and O–H groups in total. The Balaban J connectivity index is 1.96. The molecule has 0 fully saturated rings. The van der Waals surface area contributed by atoms with E-state index in [2.05, 4.69) is 10.4 Å². The number of hydrogen-bond acceptors (Lipinski definition) is 5. The normalized spacial score (nSPS) is 10.3. The molecule has 0 atom stereocenters. The molecule has 2 rings (SSSR count). The summed E-state index contributed by atoms with van der Waals surface area (Å²) >= 11 is 8.73. The molecular formula is C11H10ClN3OS2. The van der Waals surface area contributed by atoms with Gasteiger partial charge in [-0.05, 0) is 24.3 Å². The van der Waals surface area contributed by atoms with Crippen molar-refractivity contribution in [1.82, 2.24) is 10.4 Å². The highest BCUT2D eigenvalue weighted by atomic mass is 35.5. The van der Waals surface area contributed by atoms with Crippen LogP contribution >= 0.6 is 34.7 Å². The zero-order valence-corrected chi connectivity index (χ0v) is 11.6. The lowest BCUT2D eigenvalue weighted by Gasteiger charge is -1.99. The number of rotatable bonds is 4. The summed E-state index contributed by atoms with van der Waals surface area (Å²) in [6.07, 6.45) is 0. The third-order valence-electron chi connectivity index (χ3n) is 2.08. The summed E-state index contributed by atoms with van der Waals surface area (Å²) in [6, 6.07) is 7.59. The van der Waals surface area contributed by atoms with Gasteiger partial charge in [0.05, 0.1) is 5.69 Å². The summed E-state index contributed by atoms with van der Waals surface area (Å²) in [5.74, 6) is 5.39. The van der Waals surface area contributed by atoms with Gasteiger partial charge in [-0.25, -0.2) is 10.8 Å². The molecule has 0 saturated carbocycles. The number of amides is 1. The van der Waals surface area contributed by atoms with Crippen LogP contribution in [0.3, 0.4) is 0 Å². The number of carbonyl (C=O) groups is 1. The SMILES string of the molecule is NNC(=O)c1nc(CSc2ccc(Cl)cc2)cs1. The van der Waals surface area contributed by atoms with E-state index >= 15 is 0 Å². The topological polar surface area (TPSA) is 68.0 Å². The van der Waals surface area contributed by atoms with Gasteiger partial charge >= 0.3 is 0 Å². The second kappa shape index (κ2) is 6.19. The molecule has 0 aliphatic carbocycles. The monoisotopic (exact) mass is 299 g/mol. The zero-order valence-electron chi connectivity index (χ0n) is 9.22. The Morgan fingerprint density at radius 3 is 2.83 bits per heavy atom. The van der Waals surface area contributed by atoms with Gasteiger partial charge in [-0.1, -0.05) is 11.6 Å². The molecule has 18 heavy (non-hydrogen) atoms. The average Bonchev–Trinajstić information content (AvgIpc) is 2.86. The molecule has 1 heterocycles. The molecule has 0 aliphatic rings. The first-order chi connectivity index (χ1) is 8.69. The number of hydrogen-bond donors (Lipinski definition) is 2. The number of carbonyl (C=O) groups excluding carboxylic acids is 1. The van der Waals surface area contributed by atoms with E-state index in [-0.39, 0.29) is 5.91 Å². The highest BCUT2D eigenvalue weighted by Gasteiger charge is 2.09. The lowest BCUT2D eigenvalue weighted by Crippen LogP contribution is -2.29. The Labute approximate surface area is 118 Å². The van der Waals surface area contributed by atoms with Crippen molar-refractivity contribution in [3.05, 3.63) is 45.4 Å². The standard InChI is InChI=1S/C11H10ClN3OS2/c12-7-1-3-9(4-2-7)17-5-8-6-18-11(14-8)10(16)15-13/h1-4,6H,5,13H2,(H,15,16). The molecule has 0 radical (unpaired) electrons. The van der Waals surface area contributed by atoms with Crippen molar-refractivity contribution in [3.8, 4) is 0 Å². The van der Waals surface area contributed by atoms with Crippen LogP contribution in [0, 0.1) is 0 Å². The van der Waals surface area contributed by atoms with E-state index in [1.165, 1.54) is 11.3 Å². The third kappa shape index (κ3) is 3.46. The summed E-state index contributed by atoms with van der Waals surface area (Å²) in [5.41, 5.74) is 2.92. The lowest BCUT2D eigenvalue weighted by molar-refractivity contribution is 0.0953. The van der Waals surface area contributed by atoms with Gasteiger partial charge in [0.2, 0.25) is 0 Å². The van der Waals surface area contributed by atoms with Gasteiger partial charge in [0.1, 0.15) is 0 Å². The van der Waals surface area contributed by atoms with E-state index in [1.54, 1.807) is 11.8 Å². The van der Waals surface area contributed by atoms with E-state index < -0.39 is 0 Å². The summed E-state index contributed by atoms with van der Waals surface area (Å²) in [4.78, 5) is 16.5. The molecule has 7 heteroatoms. The van der Waals surface area contributed by atoms with Crippen LogP contribution in [0.15, 0.2) is 34.5 Å². The largest absolute Gasteiger partial charge is 0.294 e. The average molecular weight is 300 g/mol. The molecular weight excluding hydrogens is 290 g/mol. The van der Waals surface area contributed by atoms with Gasteiger partial charge in [-0.3, -0.25) is 10.2 Å². The summed E-state index contributed by atoms with van der Waals surface area (Å²) in [5, 5.41) is 2.95. The Bertz CT molecular complexity index is 541. The van der Waals surface area contributed by atoms with E-state index in [1.807, 2.05) is 29.6 Å². The van der Waals surface area contributed by atoms with Crippen molar-refractivity contribution < 1.29 is 4.79 Å². The van der Waals surface area contributed by atoms with E-state index in [0.29, 0.717) is 10.8 Å². The number of thiazole rings is 1. The van der Waals surface area contributed by atoms with Crippen LogP contribution in [-0.2, 0) is 5.75 Å². The van der Waals surface area contributed by atoms with Gasteiger partial charge in [0, 0.05) is 21.1 Å².